The molecule has 0 aliphatic carbocycles. The molecular weight excluding hydrogens is 236 g/mol. The highest BCUT2D eigenvalue weighted by atomic mass is 32.2. The molecule has 8 heteroatoms. The van der Waals surface area contributed by atoms with Crippen LogP contribution < -0.4 is 5.73 Å². The Labute approximate surface area is 93.4 Å². The fraction of sp³-hybridized carbons (Fsp3) is 0.714. The number of hydrogen-bond donors (Lipinski definition) is 2. The van der Waals surface area contributed by atoms with Crippen molar-refractivity contribution in [2.45, 2.75) is 25.1 Å². The summed E-state index contributed by atoms with van der Waals surface area (Å²) in [6, 6.07) is 0. The lowest BCUT2D eigenvalue weighted by Crippen LogP contribution is -2.36. The average Bonchev–Trinajstić information content (AvgIpc) is 2.33. The van der Waals surface area contributed by atoms with E-state index >= 15 is 0 Å². The molecule has 1 heterocycles. The van der Waals surface area contributed by atoms with Crippen molar-refractivity contribution in [1.29, 1.82) is 0 Å². The predicted octanol–water partition coefficient (Wildman–Crippen LogP) is 0.346. The molecule has 0 fully saturated rings. The van der Waals surface area contributed by atoms with Gasteiger partial charge in [0.25, 0.3) is 0 Å². The SMILES string of the molecule is CC(C)(Cn1c(N)n[nH]c1=S)S(C)(=O)=O. The Hall–Kier alpha value is -0.890. The minimum Gasteiger partial charge on any atom is -0.368 e. The number of nitrogen functional groups attached to an aromatic ring is 1. The third-order valence-electron chi connectivity index (χ3n) is 2.33. The summed E-state index contributed by atoms with van der Waals surface area (Å²) in [5.74, 6) is 0.191. The Balaban J connectivity index is 3.13. The maximum Gasteiger partial charge on any atom is 0.220 e. The number of aromatic amines is 1. The van der Waals surface area contributed by atoms with Gasteiger partial charge >= 0.3 is 0 Å². The zero-order chi connectivity index (χ0) is 11.9. The van der Waals surface area contributed by atoms with Crippen LogP contribution in [0, 0.1) is 4.77 Å². The Bertz CT molecular complexity index is 511. The van der Waals surface area contributed by atoms with Crippen LogP contribution >= 0.6 is 12.2 Å². The summed E-state index contributed by atoms with van der Waals surface area (Å²) in [5.41, 5.74) is 5.55. The Morgan fingerprint density at radius 3 is 2.47 bits per heavy atom. The quantitative estimate of drug-likeness (QED) is 0.755. The van der Waals surface area contributed by atoms with E-state index in [4.69, 9.17) is 18.0 Å². The number of hydrogen-bond acceptors (Lipinski definition) is 5. The van der Waals surface area contributed by atoms with E-state index in [-0.39, 0.29) is 12.5 Å². The van der Waals surface area contributed by atoms with Crippen LogP contribution in [-0.2, 0) is 16.4 Å². The van der Waals surface area contributed by atoms with E-state index < -0.39 is 14.6 Å². The summed E-state index contributed by atoms with van der Waals surface area (Å²) in [6.45, 7) is 3.43. The molecule has 0 saturated heterocycles. The van der Waals surface area contributed by atoms with Crippen molar-refractivity contribution in [1.82, 2.24) is 14.8 Å². The lowest BCUT2D eigenvalue weighted by molar-refractivity contribution is 0.503. The second-order valence-electron chi connectivity index (χ2n) is 4.00. The summed E-state index contributed by atoms with van der Waals surface area (Å²) in [4.78, 5) is 0. The van der Waals surface area contributed by atoms with Crippen molar-refractivity contribution in [2.24, 2.45) is 0 Å². The van der Waals surface area contributed by atoms with Gasteiger partial charge in [-0.05, 0) is 26.1 Å². The molecular formula is C7H14N4O2S2. The number of aromatic nitrogens is 3. The number of H-pyrrole nitrogens is 1. The van der Waals surface area contributed by atoms with Crippen LogP contribution in [0.5, 0.6) is 0 Å². The standard InChI is InChI=1S/C7H14N4O2S2/c1-7(2,15(3,12)13)4-11-5(8)9-10-6(11)14/h4H2,1-3H3,(H2,8,9)(H,10,14). The van der Waals surface area contributed by atoms with Gasteiger partial charge in [-0.15, -0.1) is 5.10 Å². The first-order valence-electron chi connectivity index (χ1n) is 4.25. The first-order chi connectivity index (χ1) is 6.65. The second-order valence-corrected chi connectivity index (χ2v) is 7.04. The molecule has 0 atom stereocenters. The van der Waals surface area contributed by atoms with Gasteiger partial charge in [0.05, 0.1) is 4.75 Å². The van der Waals surface area contributed by atoms with Crippen molar-refractivity contribution >= 4 is 28.0 Å². The molecule has 1 rings (SSSR count). The highest BCUT2D eigenvalue weighted by molar-refractivity contribution is 7.92. The maximum absolute atomic E-state index is 11.5. The largest absolute Gasteiger partial charge is 0.368 e. The molecule has 15 heavy (non-hydrogen) atoms. The van der Waals surface area contributed by atoms with Gasteiger partial charge in [0.15, 0.2) is 14.6 Å². The number of anilines is 1. The zero-order valence-electron chi connectivity index (χ0n) is 8.81. The lowest BCUT2D eigenvalue weighted by Gasteiger charge is -2.22. The van der Waals surface area contributed by atoms with Crippen LogP contribution in [-0.4, -0.2) is 34.2 Å². The Morgan fingerprint density at radius 2 is 2.13 bits per heavy atom. The molecule has 0 aromatic carbocycles. The first-order valence-corrected chi connectivity index (χ1v) is 6.55. The molecule has 0 amide bonds. The highest BCUT2D eigenvalue weighted by Crippen LogP contribution is 2.19. The number of nitrogens with two attached hydrogens (primary N) is 1. The highest BCUT2D eigenvalue weighted by Gasteiger charge is 2.31. The molecule has 1 aromatic heterocycles. The molecule has 0 spiro atoms. The van der Waals surface area contributed by atoms with Crippen molar-refractivity contribution in [3.05, 3.63) is 4.77 Å². The van der Waals surface area contributed by atoms with Gasteiger partial charge in [0.2, 0.25) is 5.95 Å². The average molecular weight is 250 g/mol. The lowest BCUT2D eigenvalue weighted by atomic mass is 10.2. The van der Waals surface area contributed by atoms with Crippen LogP contribution in [0.4, 0.5) is 5.95 Å². The fourth-order valence-corrected chi connectivity index (χ4v) is 1.55. The van der Waals surface area contributed by atoms with E-state index in [0.717, 1.165) is 0 Å². The summed E-state index contributed by atoms with van der Waals surface area (Å²) >= 11 is 4.93. The molecule has 86 valence electrons. The third kappa shape index (κ3) is 2.37. The predicted molar refractivity (Wildman–Crippen MR) is 60.7 cm³/mol. The van der Waals surface area contributed by atoms with Crippen LogP contribution in [0.1, 0.15) is 13.8 Å². The van der Waals surface area contributed by atoms with Crippen molar-refractivity contribution in [3.63, 3.8) is 0 Å². The second kappa shape index (κ2) is 3.60. The minimum atomic E-state index is -3.18. The van der Waals surface area contributed by atoms with Gasteiger partial charge in [-0.2, -0.15) is 0 Å². The Morgan fingerprint density at radius 1 is 1.60 bits per heavy atom. The summed E-state index contributed by atoms with van der Waals surface area (Å²) in [6.07, 6.45) is 1.19. The third-order valence-corrected chi connectivity index (χ3v) is 4.78. The van der Waals surface area contributed by atoms with Crippen LogP contribution in [0.25, 0.3) is 0 Å². The number of nitrogens with zero attached hydrogens (tertiary/aromatic N) is 2. The molecule has 0 aliphatic heterocycles. The summed E-state index contributed by atoms with van der Waals surface area (Å²) in [5, 5.41) is 6.22. The molecule has 0 radical (unpaired) electrons. The Kier molecular flexibility index (Phi) is 2.92. The van der Waals surface area contributed by atoms with Gasteiger partial charge < -0.3 is 5.73 Å². The maximum atomic E-state index is 11.5. The fourth-order valence-electron chi connectivity index (χ4n) is 0.981. The smallest absolute Gasteiger partial charge is 0.220 e. The summed E-state index contributed by atoms with van der Waals surface area (Å²) < 4.78 is 23.8. The van der Waals surface area contributed by atoms with E-state index in [1.807, 2.05) is 0 Å². The van der Waals surface area contributed by atoms with Gasteiger partial charge in [-0.3, -0.25) is 4.57 Å². The van der Waals surface area contributed by atoms with E-state index in [2.05, 4.69) is 10.2 Å². The molecule has 0 aliphatic rings. The number of sulfone groups is 1. The van der Waals surface area contributed by atoms with E-state index in [9.17, 15) is 8.42 Å². The van der Waals surface area contributed by atoms with Gasteiger partial charge in [-0.25, -0.2) is 13.5 Å². The van der Waals surface area contributed by atoms with Gasteiger partial charge in [-0.1, -0.05) is 0 Å². The minimum absolute atomic E-state index is 0.188. The van der Waals surface area contributed by atoms with Crippen LogP contribution in [0.3, 0.4) is 0 Å². The number of rotatable bonds is 3. The van der Waals surface area contributed by atoms with Crippen molar-refractivity contribution in [3.8, 4) is 0 Å². The van der Waals surface area contributed by atoms with Gasteiger partial charge in [0.1, 0.15) is 0 Å². The molecule has 1 aromatic rings. The molecule has 0 unspecified atom stereocenters. The van der Waals surface area contributed by atoms with E-state index in [0.29, 0.717) is 4.77 Å². The van der Waals surface area contributed by atoms with Crippen LogP contribution in [0.15, 0.2) is 0 Å². The topological polar surface area (TPSA) is 93.8 Å². The molecule has 3 N–H and O–H groups in total. The number of nitrogens with one attached hydrogen (secondary N) is 1. The zero-order valence-corrected chi connectivity index (χ0v) is 10.4. The molecule has 0 saturated carbocycles. The first kappa shape index (κ1) is 12.2. The van der Waals surface area contributed by atoms with Crippen molar-refractivity contribution in [2.75, 3.05) is 12.0 Å². The normalized spacial score (nSPS) is 13.0. The van der Waals surface area contributed by atoms with Crippen molar-refractivity contribution < 1.29 is 8.42 Å². The van der Waals surface area contributed by atoms with Gasteiger partial charge in [0, 0.05) is 12.8 Å². The molecule has 6 nitrogen and oxygen atoms in total. The van der Waals surface area contributed by atoms with E-state index in [1.165, 1.54) is 10.8 Å². The van der Waals surface area contributed by atoms with Crippen LogP contribution in [0.2, 0.25) is 0 Å². The monoisotopic (exact) mass is 250 g/mol. The summed E-state index contributed by atoms with van der Waals surface area (Å²) in [7, 11) is -3.18. The van der Waals surface area contributed by atoms with E-state index in [1.54, 1.807) is 13.8 Å². The molecule has 0 bridgehead atoms.